The summed E-state index contributed by atoms with van der Waals surface area (Å²) in [6.45, 7) is 4.45. The molecule has 1 aliphatic rings. The van der Waals surface area contributed by atoms with Crippen LogP contribution in [-0.4, -0.2) is 11.9 Å². The molecule has 3 unspecified atom stereocenters. The Morgan fingerprint density at radius 1 is 1.26 bits per heavy atom. The van der Waals surface area contributed by atoms with Gasteiger partial charge in [-0.05, 0) is 36.5 Å². The first-order chi connectivity index (χ1) is 8.99. The number of carbonyl (C=O) groups excluding carboxylic acids is 1. The summed E-state index contributed by atoms with van der Waals surface area (Å²) in [4.78, 5) is 12.3. The zero-order chi connectivity index (χ0) is 14.0. The Morgan fingerprint density at radius 3 is 2.74 bits per heavy atom. The van der Waals surface area contributed by atoms with Crippen LogP contribution in [-0.2, 0) is 0 Å². The highest BCUT2D eigenvalue weighted by Gasteiger charge is 2.28. The molecule has 4 heteroatoms. The molecule has 1 fully saturated rings. The fraction of sp³-hybridized carbons (Fsp3) is 0.533. The van der Waals surface area contributed by atoms with Crippen LogP contribution in [0.25, 0.3) is 0 Å². The van der Waals surface area contributed by atoms with Crippen molar-refractivity contribution in [3.8, 4) is 0 Å². The Hall–Kier alpha value is -0.730. The molecule has 2 nitrogen and oxygen atoms in total. The molecule has 0 saturated heterocycles. The summed E-state index contributed by atoms with van der Waals surface area (Å²) in [5.41, 5.74) is 0.458. The van der Waals surface area contributed by atoms with Gasteiger partial charge < -0.3 is 5.32 Å². The number of nitrogens with one attached hydrogen (secondary N) is 1. The molecular formula is C15H19Cl2NO. The van der Waals surface area contributed by atoms with Crippen LogP contribution in [0.15, 0.2) is 18.2 Å². The number of hydrogen-bond acceptors (Lipinski definition) is 1. The van der Waals surface area contributed by atoms with Gasteiger partial charge in [0.2, 0.25) is 0 Å². The summed E-state index contributed by atoms with van der Waals surface area (Å²) in [7, 11) is 0. The van der Waals surface area contributed by atoms with Crippen LogP contribution in [0.3, 0.4) is 0 Å². The topological polar surface area (TPSA) is 29.1 Å². The monoisotopic (exact) mass is 299 g/mol. The van der Waals surface area contributed by atoms with Gasteiger partial charge in [-0.3, -0.25) is 4.79 Å². The molecule has 1 aromatic carbocycles. The summed E-state index contributed by atoms with van der Waals surface area (Å²) in [5, 5.41) is 4.07. The minimum absolute atomic E-state index is 0.126. The minimum Gasteiger partial charge on any atom is -0.349 e. The van der Waals surface area contributed by atoms with E-state index in [2.05, 4.69) is 19.2 Å². The first-order valence-corrected chi connectivity index (χ1v) is 7.50. The number of rotatable bonds is 2. The fourth-order valence-corrected chi connectivity index (χ4v) is 3.08. The highest BCUT2D eigenvalue weighted by atomic mass is 35.5. The van der Waals surface area contributed by atoms with Crippen molar-refractivity contribution < 1.29 is 4.79 Å². The van der Waals surface area contributed by atoms with Gasteiger partial charge in [0.25, 0.3) is 5.91 Å². The average molecular weight is 300 g/mol. The summed E-state index contributed by atoms with van der Waals surface area (Å²) < 4.78 is 0. The molecule has 0 radical (unpaired) electrons. The first kappa shape index (κ1) is 14.7. The molecule has 0 spiro atoms. The Labute approximate surface area is 124 Å². The molecule has 0 aromatic heterocycles. The molecule has 2 rings (SSSR count). The molecule has 0 aliphatic heterocycles. The third-order valence-electron chi connectivity index (χ3n) is 4.20. The first-order valence-electron chi connectivity index (χ1n) is 6.75. The lowest BCUT2D eigenvalue weighted by Crippen LogP contribution is -2.43. The Kier molecular flexibility index (Phi) is 4.75. The van der Waals surface area contributed by atoms with Gasteiger partial charge in [0.1, 0.15) is 0 Å². The van der Waals surface area contributed by atoms with Crippen LogP contribution in [0.1, 0.15) is 43.5 Å². The minimum atomic E-state index is -0.126. The van der Waals surface area contributed by atoms with Crippen molar-refractivity contribution in [1.29, 1.82) is 0 Å². The van der Waals surface area contributed by atoms with E-state index in [9.17, 15) is 4.79 Å². The van der Waals surface area contributed by atoms with E-state index in [-0.39, 0.29) is 11.9 Å². The van der Waals surface area contributed by atoms with Gasteiger partial charge in [-0.2, -0.15) is 0 Å². The van der Waals surface area contributed by atoms with Crippen LogP contribution in [0.5, 0.6) is 0 Å². The maximum absolute atomic E-state index is 12.3. The Balaban J connectivity index is 2.10. The second-order valence-corrected chi connectivity index (χ2v) is 6.32. The second-order valence-electron chi connectivity index (χ2n) is 5.47. The SMILES string of the molecule is CC1CCCC(NC(=O)c2cc(Cl)ccc2Cl)C1C. The van der Waals surface area contributed by atoms with E-state index in [0.717, 1.165) is 6.42 Å². The van der Waals surface area contributed by atoms with Crippen LogP contribution in [0.4, 0.5) is 0 Å². The van der Waals surface area contributed by atoms with Crippen LogP contribution in [0, 0.1) is 11.8 Å². The molecule has 1 aliphatic carbocycles. The highest BCUT2D eigenvalue weighted by Crippen LogP contribution is 2.30. The van der Waals surface area contributed by atoms with Crippen molar-refractivity contribution in [2.45, 2.75) is 39.2 Å². The Morgan fingerprint density at radius 2 is 2.00 bits per heavy atom. The summed E-state index contributed by atoms with van der Waals surface area (Å²) in [5.74, 6) is 1.02. The maximum atomic E-state index is 12.3. The number of halogens is 2. The van der Waals surface area contributed by atoms with Gasteiger partial charge in [0, 0.05) is 11.1 Å². The molecule has 1 saturated carbocycles. The number of benzene rings is 1. The van der Waals surface area contributed by atoms with E-state index in [0.29, 0.717) is 27.4 Å². The normalized spacial score (nSPS) is 27.1. The van der Waals surface area contributed by atoms with E-state index >= 15 is 0 Å². The van der Waals surface area contributed by atoms with Crippen molar-refractivity contribution >= 4 is 29.1 Å². The molecule has 19 heavy (non-hydrogen) atoms. The molecule has 3 atom stereocenters. The van der Waals surface area contributed by atoms with Crippen LogP contribution < -0.4 is 5.32 Å². The lowest BCUT2D eigenvalue weighted by Gasteiger charge is -2.34. The number of hydrogen-bond donors (Lipinski definition) is 1. The van der Waals surface area contributed by atoms with Crippen molar-refractivity contribution in [3.63, 3.8) is 0 Å². The standard InChI is InChI=1S/C15H19Cl2NO/c1-9-4-3-5-14(10(9)2)18-15(19)12-8-11(16)6-7-13(12)17/h6-10,14H,3-5H2,1-2H3,(H,18,19). The number of amides is 1. The average Bonchev–Trinajstić information content (AvgIpc) is 2.38. The van der Waals surface area contributed by atoms with Gasteiger partial charge in [-0.25, -0.2) is 0 Å². The van der Waals surface area contributed by atoms with E-state index < -0.39 is 0 Å². The number of carbonyl (C=O) groups is 1. The predicted octanol–water partition coefficient (Wildman–Crippen LogP) is 4.55. The van der Waals surface area contributed by atoms with Gasteiger partial charge in [0.05, 0.1) is 10.6 Å². The van der Waals surface area contributed by atoms with Crippen molar-refractivity contribution in [3.05, 3.63) is 33.8 Å². The van der Waals surface area contributed by atoms with Crippen molar-refractivity contribution in [2.75, 3.05) is 0 Å². The third-order valence-corrected chi connectivity index (χ3v) is 4.76. The van der Waals surface area contributed by atoms with Crippen molar-refractivity contribution in [2.24, 2.45) is 11.8 Å². The lowest BCUT2D eigenvalue weighted by molar-refractivity contribution is 0.0891. The maximum Gasteiger partial charge on any atom is 0.253 e. The molecular weight excluding hydrogens is 281 g/mol. The van der Waals surface area contributed by atoms with Gasteiger partial charge in [-0.15, -0.1) is 0 Å². The lowest BCUT2D eigenvalue weighted by atomic mass is 9.78. The van der Waals surface area contributed by atoms with Gasteiger partial charge in [0.15, 0.2) is 0 Å². The van der Waals surface area contributed by atoms with E-state index in [1.807, 2.05) is 0 Å². The predicted molar refractivity (Wildman–Crippen MR) is 79.9 cm³/mol. The van der Waals surface area contributed by atoms with E-state index in [1.165, 1.54) is 12.8 Å². The quantitative estimate of drug-likeness (QED) is 0.853. The summed E-state index contributed by atoms with van der Waals surface area (Å²) >= 11 is 12.0. The molecule has 1 N–H and O–H groups in total. The van der Waals surface area contributed by atoms with E-state index in [1.54, 1.807) is 18.2 Å². The largest absolute Gasteiger partial charge is 0.349 e. The molecule has 1 aromatic rings. The van der Waals surface area contributed by atoms with Crippen LogP contribution in [0.2, 0.25) is 10.0 Å². The summed E-state index contributed by atoms with van der Waals surface area (Å²) in [6.07, 6.45) is 3.45. The van der Waals surface area contributed by atoms with Crippen molar-refractivity contribution in [1.82, 2.24) is 5.32 Å². The highest BCUT2D eigenvalue weighted by molar-refractivity contribution is 6.35. The van der Waals surface area contributed by atoms with E-state index in [4.69, 9.17) is 23.2 Å². The fourth-order valence-electron chi connectivity index (χ4n) is 2.70. The second kappa shape index (κ2) is 6.15. The van der Waals surface area contributed by atoms with Gasteiger partial charge in [-0.1, -0.05) is 49.9 Å². The third kappa shape index (κ3) is 3.43. The summed E-state index contributed by atoms with van der Waals surface area (Å²) in [6, 6.07) is 5.19. The van der Waals surface area contributed by atoms with Gasteiger partial charge >= 0.3 is 0 Å². The zero-order valence-electron chi connectivity index (χ0n) is 11.2. The van der Waals surface area contributed by atoms with Crippen LogP contribution >= 0.6 is 23.2 Å². The Bertz CT molecular complexity index is 475. The molecule has 0 bridgehead atoms. The molecule has 0 heterocycles. The molecule has 104 valence electrons. The zero-order valence-corrected chi connectivity index (χ0v) is 12.8. The smallest absolute Gasteiger partial charge is 0.253 e. The molecule has 1 amide bonds.